The fraction of sp³-hybridized carbons (Fsp3) is 0.333. The minimum atomic E-state index is -0.376. The zero-order chi connectivity index (χ0) is 21.1. The molecule has 1 aliphatic heterocycles. The number of carbonyl (C=O) groups is 1. The van der Waals surface area contributed by atoms with Crippen molar-refractivity contribution in [3.8, 4) is 5.75 Å². The molecule has 1 aromatic heterocycles. The van der Waals surface area contributed by atoms with Crippen LogP contribution in [-0.4, -0.2) is 43.6 Å². The smallest absolute Gasteiger partial charge is 0.336 e. The van der Waals surface area contributed by atoms with Crippen molar-refractivity contribution in [2.24, 2.45) is 0 Å². The third-order valence-corrected chi connectivity index (χ3v) is 5.54. The third kappa shape index (κ3) is 4.32. The summed E-state index contributed by atoms with van der Waals surface area (Å²) in [6.45, 7) is 6.99. The Labute approximate surface area is 175 Å². The van der Waals surface area contributed by atoms with Crippen molar-refractivity contribution in [2.45, 2.75) is 20.3 Å². The number of fused-ring (bicyclic) bond motifs is 1. The van der Waals surface area contributed by atoms with E-state index in [9.17, 15) is 9.59 Å². The zero-order valence-corrected chi connectivity index (χ0v) is 17.4. The van der Waals surface area contributed by atoms with E-state index in [1.807, 2.05) is 24.0 Å². The van der Waals surface area contributed by atoms with Gasteiger partial charge in [-0.3, -0.25) is 4.79 Å². The summed E-state index contributed by atoms with van der Waals surface area (Å²) in [4.78, 5) is 28.5. The summed E-state index contributed by atoms with van der Waals surface area (Å²) in [5.74, 6) is 0.480. The molecule has 4 rings (SSSR count). The second kappa shape index (κ2) is 8.61. The molecule has 6 heteroatoms. The molecule has 0 spiro atoms. The Kier molecular flexibility index (Phi) is 5.74. The largest absolute Gasteiger partial charge is 0.484 e. The Hall–Kier alpha value is -3.28. The predicted octanol–water partition coefficient (Wildman–Crippen LogP) is 3.39. The van der Waals surface area contributed by atoms with Gasteiger partial charge in [-0.25, -0.2) is 4.79 Å². The van der Waals surface area contributed by atoms with Crippen LogP contribution in [0.2, 0.25) is 0 Å². The Morgan fingerprint density at radius 2 is 1.87 bits per heavy atom. The van der Waals surface area contributed by atoms with Crippen molar-refractivity contribution in [1.29, 1.82) is 0 Å². The molecular weight excluding hydrogens is 380 g/mol. The fourth-order valence-electron chi connectivity index (χ4n) is 3.87. The van der Waals surface area contributed by atoms with Crippen molar-refractivity contribution in [3.63, 3.8) is 0 Å². The highest BCUT2D eigenvalue weighted by Gasteiger charge is 2.21. The number of rotatable bonds is 5. The SMILES string of the molecule is CCc1cc(=O)oc2cc(OCC(=O)N3CCN(c4cccc(C)c4)CC3)ccc12. The molecule has 0 radical (unpaired) electrons. The van der Waals surface area contributed by atoms with E-state index >= 15 is 0 Å². The average Bonchev–Trinajstić information content (AvgIpc) is 2.76. The highest BCUT2D eigenvalue weighted by molar-refractivity contribution is 5.82. The van der Waals surface area contributed by atoms with Crippen LogP contribution in [0.4, 0.5) is 5.69 Å². The van der Waals surface area contributed by atoms with Crippen molar-refractivity contribution in [2.75, 3.05) is 37.7 Å². The van der Waals surface area contributed by atoms with Crippen molar-refractivity contribution in [3.05, 3.63) is 70.1 Å². The number of aryl methyl sites for hydroxylation is 2. The van der Waals surface area contributed by atoms with Gasteiger partial charge in [0, 0.05) is 49.4 Å². The number of carbonyl (C=O) groups excluding carboxylic acids is 1. The van der Waals surface area contributed by atoms with Gasteiger partial charge in [0.05, 0.1) is 0 Å². The second-order valence-corrected chi connectivity index (χ2v) is 7.60. The Balaban J connectivity index is 1.35. The Bertz CT molecular complexity index is 1110. The van der Waals surface area contributed by atoms with Gasteiger partial charge in [-0.2, -0.15) is 0 Å². The molecule has 2 aromatic carbocycles. The van der Waals surface area contributed by atoms with Crippen LogP contribution in [-0.2, 0) is 11.2 Å². The van der Waals surface area contributed by atoms with Gasteiger partial charge >= 0.3 is 5.63 Å². The van der Waals surface area contributed by atoms with E-state index in [0.717, 1.165) is 30.5 Å². The third-order valence-electron chi connectivity index (χ3n) is 5.54. The molecule has 0 atom stereocenters. The number of nitrogens with zero attached hydrogens (tertiary/aromatic N) is 2. The number of amides is 1. The number of hydrogen-bond acceptors (Lipinski definition) is 5. The van der Waals surface area contributed by atoms with E-state index in [2.05, 4.69) is 36.1 Å². The summed E-state index contributed by atoms with van der Waals surface area (Å²) in [6, 6.07) is 15.3. The molecular formula is C24H26N2O4. The van der Waals surface area contributed by atoms with Gasteiger partial charge in [-0.05, 0) is 48.7 Å². The molecule has 1 saturated heterocycles. The van der Waals surface area contributed by atoms with Crippen molar-refractivity contribution < 1.29 is 13.9 Å². The van der Waals surface area contributed by atoms with Crippen LogP contribution in [0.5, 0.6) is 5.75 Å². The molecule has 3 aromatic rings. The highest BCUT2D eigenvalue weighted by atomic mass is 16.5. The van der Waals surface area contributed by atoms with Gasteiger partial charge in [-0.15, -0.1) is 0 Å². The Morgan fingerprint density at radius 1 is 1.07 bits per heavy atom. The normalized spacial score (nSPS) is 14.2. The molecule has 6 nitrogen and oxygen atoms in total. The van der Waals surface area contributed by atoms with Crippen LogP contribution in [0.1, 0.15) is 18.1 Å². The maximum atomic E-state index is 12.6. The molecule has 0 saturated carbocycles. The lowest BCUT2D eigenvalue weighted by Gasteiger charge is -2.36. The van der Waals surface area contributed by atoms with Crippen molar-refractivity contribution >= 4 is 22.6 Å². The van der Waals surface area contributed by atoms with Gasteiger partial charge in [0.25, 0.3) is 5.91 Å². The van der Waals surface area contributed by atoms with Gasteiger partial charge in [-0.1, -0.05) is 19.1 Å². The molecule has 1 aliphatic rings. The highest BCUT2D eigenvalue weighted by Crippen LogP contribution is 2.23. The quantitative estimate of drug-likeness (QED) is 0.608. The van der Waals surface area contributed by atoms with Gasteiger partial charge in [0.1, 0.15) is 11.3 Å². The molecule has 0 bridgehead atoms. The first kappa shape index (κ1) is 20.0. The lowest BCUT2D eigenvalue weighted by Crippen LogP contribution is -2.50. The number of ether oxygens (including phenoxy) is 1. The van der Waals surface area contributed by atoms with Crippen LogP contribution in [0.3, 0.4) is 0 Å². The minimum absolute atomic E-state index is 0.0341. The summed E-state index contributed by atoms with van der Waals surface area (Å²) in [7, 11) is 0. The van der Waals surface area contributed by atoms with Crippen LogP contribution >= 0.6 is 0 Å². The van der Waals surface area contributed by atoms with E-state index in [1.54, 1.807) is 6.07 Å². The molecule has 0 unspecified atom stereocenters. The molecule has 1 fully saturated rings. The molecule has 0 N–H and O–H groups in total. The zero-order valence-electron chi connectivity index (χ0n) is 17.4. The summed E-state index contributed by atoms with van der Waals surface area (Å²) in [5.41, 5.74) is 3.48. The van der Waals surface area contributed by atoms with Crippen LogP contribution in [0.25, 0.3) is 11.0 Å². The summed E-state index contributed by atoms with van der Waals surface area (Å²) >= 11 is 0. The summed E-state index contributed by atoms with van der Waals surface area (Å²) in [6.07, 6.45) is 0.745. The standard InChI is InChI=1S/C24H26N2O4/c1-3-18-14-24(28)30-22-15-20(7-8-21(18)22)29-16-23(27)26-11-9-25(10-12-26)19-6-4-5-17(2)13-19/h4-8,13-15H,3,9-12,16H2,1-2H3. The van der Waals surface area contributed by atoms with Crippen LogP contribution in [0.15, 0.2) is 57.7 Å². The fourth-order valence-corrected chi connectivity index (χ4v) is 3.87. The summed E-state index contributed by atoms with van der Waals surface area (Å²) in [5, 5.41) is 0.892. The summed E-state index contributed by atoms with van der Waals surface area (Å²) < 4.78 is 11.0. The van der Waals surface area contributed by atoms with Gasteiger partial charge in [0.15, 0.2) is 6.61 Å². The van der Waals surface area contributed by atoms with Crippen LogP contribution in [0, 0.1) is 6.92 Å². The van der Waals surface area contributed by atoms with E-state index < -0.39 is 0 Å². The van der Waals surface area contributed by atoms with E-state index in [0.29, 0.717) is 24.4 Å². The molecule has 156 valence electrons. The maximum absolute atomic E-state index is 12.6. The first-order valence-electron chi connectivity index (χ1n) is 10.3. The molecule has 0 aliphatic carbocycles. The number of hydrogen-bond donors (Lipinski definition) is 0. The molecule has 30 heavy (non-hydrogen) atoms. The second-order valence-electron chi connectivity index (χ2n) is 7.60. The maximum Gasteiger partial charge on any atom is 0.336 e. The predicted molar refractivity (Wildman–Crippen MR) is 117 cm³/mol. The molecule has 1 amide bonds. The first-order chi connectivity index (χ1) is 14.5. The van der Waals surface area contributed by atoms with E-state index in [4.69, 9.17) is 9.15 Å². The number of benzene rings is 2. The average molecular weight is 406 g/mol. The lowest BCUT2D eigenvalue weighted by atomic mass is 10.1. The van der Waals surface area contributed by atoms with Gasteiger partial charge in [0.2, 0.25) is 0 Å². The van der Waals surface area contributed by atoms with E-state index in [-0.39, 0.29) is 18.1 Å². The molecule has 2 heterocycles. The topological polar surface area (TPSA) is 63.0 Å². The van der Waals surface area contributed by atoms with E-state index in [1.165, 1.54) is 17.3 Å². The lowest BCUT2D eigenvalue weighted by molar-refractivity contribution is -0.133. The monoisotopic (exact) mass is 406 g/mol. The minimum Gasteiger partial charge on any atom is -0.484 e. The number of piperazine rings is 1. The number of anilines is 1. The van der Waals surface area contributed by atoms with Gasteiger partial charge < -0.3 is 19.0 Å². The Morgan fingerprint density at radius 3 is 2.60 bits per heavy atom. The van der Waals surface area contributed by atoms with Crippen molar-refractivity contribution in [1.82, 2.24) is 4.90 Å². The van der Waals surface area contributed by atoms with Crippen LogP contribution < -0.4 is 15.3 Å². The first-order valence-corrected chi connectivity index (χ1v) is 10.3.